The van der Waals surface area contributed by atoms with Crippen LogP contribution < -0.4 is 16.6 Å². The summed E-state index contributed by atoms with van der Waals surface area (Å²) in [5.41, 5.74) is 1.10. The van der Waals surface area contributed by atoms with Gasteiger partial charge in [0.05, 0.1) is 0 Å². The van der Waals surface area contributed by atoms with Crippen molar-refractivity contribution in [3.63, 3.8) is 0 Å². The fourth-order valence-electron chi connectivity index (χ4n) is 2.04. The van der Waals surface area contributed by atoms with E-state index in [0.717, 1.165) is 25.3 Å². The monoisotopic (exact) mass is 305 g/mol. The number of hydrogen-bond acceptors (Lipinski definition) is 6. The summed E-state index contributed by atoms with van der Waals surface area (Å²) in [7, 11) is 1.63. The lowest BCUT2D eigenvalue weighted by atomic mass is 10.0. The molecule has 1 fully saturated rings. The first kappa shape index (κ1) is 15.8. The fraction of sp³-hybridized carbons (Fsp3) is 0.667. The first-order chi connectivity index (χ1) is 9.88. The molecule has 0 amide bonds. The van der Waals surface area contributed by atoms with Gasteiger partial charge in [0.25, 0.3) is 0 Å². The molecule has 1 saturated carbocycles. The number of aromatic nitrogens is 2. The number of alkyl halides is 3. The SMILES string of the molecule is COCCC1(CNc2cc(C(F)(F)F)nc(NN)n2)CC1. The number of hydrazine groups is 1. The number of hydrogen-bond donors (Lipinski definition) is 3. The van der Waals surface area contributed by atoms with Gasteiger partial charge in [-0.2, -0.15) is 18.2 Å². The van der Waals surface area contributed by atoms with Crippen LogP contribution in [-0.4, -0.2) is 30.2 Å². The van der Waals surface area contributed by atoms with Gasteiger partial charge in [0.15, 0.2) is 5.69 Å². The van der Waals surface area contributed by atoms with Crippen molar-refractivity contribution in [2.45, 2.75) is 25.4 Å². The van der Waals surface area contributed by atoms with Crippen LogP contribution in [0.3, 0.4) is 0 Å². The van der Waals surface area contributed by atoms with Crippen LogP contribution in [0.15, 0.2) is 6.07 Å². The highest BCUT2D eigenvalue weighted by Crippen LogP contribution is 2.48. The van der Waals surface area contributed by atoms with E-state index in [1.54, 1.807) is 7.11 Å². The minimum absolute atomic E-state index is 0.0929. The molecule has 0 saturated heterocycles. The lowest BCUT2D eigenvalue weighted by molar-refractivity contribution is -0.141. The largest absolute Gasteiger partial charge is 0.433 e. The second-order valence-corrected chi connectivity index (χ2v) is 5.20. The van der Waals surface area contributed by atoms with Crippen molar-refractivity contribution in [2.24, 2.45) is 11.3 Å². The molecule has 21 heavy (non-hydrogen) atoms. The van der Waals surface area contributed by atoms with E-state index in [-0.39, 0.29) is 17.2 Å². The molecule has 0 aliphatic heterocycles. The molecule has 1 aliphatic carbocycles. The van der Waals surface area contributed by atoms with Crippen LogP contribution in [0, 0.1) is 5.41 Å². The van der Waals surface area contributed by atoms with Crippen LogP contribution >= 0.6 is 0 Å². The van der Waals surface area contributed by atoms with Crippen LogP contribution in [-0.2, 0) is 10.9 Å². The van der Waals surface area contributed by atoms with Gasteiger partial charge < -0.3 is 10.1 Å². The van der Waals surface area contributed by atoms with Gasteiger partial charge in [0, 0.05) is 26.3 Å². The lowest BCUT2D eigenvalue weighted by Crippen LogP contribution is -2.20. The summed E-state index contributed by atoms with van der Waals surface area (Å²) < 4.78 is 43.2. The number of rotatable bonds is 7. The number of nitrogens with one attached hydrogen (secondary N) is 2. The van der Waals surface area contributed by atoms with Crippen molar-refractivity contribution in [2.75, 3.05) is 31.0 Å². The molecule has 1 aliphatic rings. The summed E-state index contributed by atoms with van der Waals surface area (Å²) >= 11 is 0. The molecular weight excluding hydrogens is 287 g/mol. The summed E-state index contributed by atoms with van der Waals surface area (Å²) in [5, 5.41) is 2.94. The highest BCUT2D eigenvalue weighted by atomic mass is 19.4. The highest BCUT2D eigenvalue weighted by molar-refractivity contribution is 5.43. The van der Waals surface area contributed by atoms with Crippen molar-refractivity contribution in [1.29, 1.82) is 0 Å². The average molecular weight is 305 g/mol. The van der Waals surface area contributed by atoms with Gasteiger partial charge in [-0.25, -0.2) is 10.8 Å². The zero-order valence-electron chi connectivity index (χ0n) is 11.6. The molecule has 0 aromatic carbocycles. The predicted molar refractivity (Wildman–Crippen MR) is 71.5 cm³/mol. The van der Waals surface area contributed by atoms with Crippen LogP contribution in [0.2, 0.25) is 0 Å². The van der Waals surface area contributed by atoms with Crippen LogP contribution in [0.1, 0.15) is 25.0 Å². The van der Waals surface area contributed by atoms with Crippen molar-refractivity contribution in [3.05, 3.63) is 11.8 Å². The molecular formula is C12H18F3N5O. The molecule has 6 nitrogen and oxygen atoms in total. The maximum absolute atomic E-state index is 12.7. The zero-order valence-corrected chi connectivity index (χ0v) is 11.6. The Kier molecular flexibility index (Phi) is 4.52. The fourth-order valence-corrected chi connectivity index (χ4v) is 2.04. The Morgan fingerprint density at radius 1 is 1.38 bits per heavy atom. The molecule has 0 spiro atoms. The molecule has 0 bridgehead atoms. The van der Waals surface area contributed by atoms with E-state index < -0.39 is 11.9 Å². The van der Waals surface area contributed by atoms with E-state index >= 15 is 0 Å². The topological polar surface area (TPSA) is 85.1 Å². The molecule has 2 rings (SSSR count). The number of ether oxygens (including phenoxy) is 1. The Labute approximate surface area is 120 Å². The van der Waals surface area contributed by atoms with E-state index in [9.17, 15) is 13.2 Å². The summed E-state index contributed by atoms with van der Waals surface area (Å²) in [6.45, 7) is 1.18. The third-order valence-electron chi connectivity index (χ3n) is 3.58. The molecule has 1 aromatic heterocycles. The third kappa shape index (κ3) is 4.18. The van der Waals surface area contributed by atoms with Gasteiger partial charge in [0.2, 0.25) is 5.95 Å². The average Bonchev–Trinajstić information content (AvgIpc) is 3.22. The lowest BCUT2D eigenvalue weighted by Gasteiger charge is -2.17. The Hall–Kier alpha value is -1.61. The number of nitrogen functional groups attached to an aromatic ring is 1. The molecule has 1 heterocycles. The molecule has 1 aromatic rings. The normalized spacial score (nSPS) is 16.6. The molecule has 0 unspecified atom stereocenters. The second kappa shape index (κ2) is 6.02. The summed E-state index contributed by atoms with van der Waals surface area (Å²) in [6, 6.07) is 0.882. The van der Waals surface area contributed by atoms with Crippen molar-refractivity contribution in [3.8, 4) is 0 Å². The first-order valence-electron chi connectivity index (χ1n) is 6.54. The maximum atomic E-state index is 12.7. The van der Waals surface area contributed by atoms with Gasteiger partial charge in [-0.3, -0.25) is 5.43 Å². The minimum atomic E-state index is -4.54. The Bertz CT molecular complexity index is 490. The van der Waals surface area contributed by atoms with E-state index in [4.69, 9.17) is 10.6 Å². The number of methoxy groups -OCH3 is 1. The Morgan fingerprint density at radius 2 is 2.10 bits per heavy atom. The zero-order chi connectivity index (χ0) is 15.5. The third-order valence-corrected chi connectivity index (χ3v) is 3.58. The molecule has 9 heteroatoms. The molecule has 118 valence electrons. The smallest absolute Gasteiger partial charge is 0.385 e. The van der Waals surface area contributed by atoms with Crippen molar-refractivity contribution in [1.82, 2.24) is 9.97 Å². The molecule has 0 atom stereocenters. The Morgan fingerprint density at radius 3 is 2.62 bits per heavy atom. The van der Waals surface area contributed by atoms with Gasteiger partial charge in [-0.05, 0) is 24.7 Å². The van der Waals surface area contributed by atoms with Gasteiger partial charge in [0.1, 0.15) is 5.82 Å². The summed E-state index contributed by atoms with van der Waals surface area (Å²) in [6.07, 6.45) is -1.61. The van der Waals surface area contributed by atoms with Crippen LogP contribution in [0.4, 0.5) is 24.9 Å². The van der Waals surface area contributed by atoms with E-state index in [1.165, 1.54) is 0 Å². The van der Waals surface area contributed by atoms with Gasteiger partial charge in [-0.1, -0.05) is 0 Å². The molecule has 4 N–H and O–H groups in total. The predicted octanol–water partition coefficient (Wildman–Crippen LogP) is 2.01. The summed E-state index contributed by atoms with van der Waals surface area (Å²) in [5.74, 6) is 4.94. The molecule has 0 radical (unpaired) electrons. The number of nitrogens with two attached hydrogens (primary N) is 1. The standard InChI is InChI=1S/C12H18F3N5O/c1-21-5-4-11(2-3-11)7-17-9-6-8(12(13,14)15)18-10(19-9)20-16/h6H,2-5,7,16H2,1H3,(H2,17,18,19,20). The van der Waals surface area contributed by atoms with Gasteiger partial charge >= 0.3 is 6.18 Å². The number of nitrogens with zero attached hydrogens (tertiary/aromatic N) is 2. The van der Waals surface area contributed by atoms with Crippen LogP contribution in [0.25, 0.3) is 0 Å². The summed E-state index contributed by atoms with van der Waals surface area (Å²) in [4.78, 5) is 7.19. The van der Waals surface area contributed by atoms with Gasteiger partial charge in [-0.15, -0.1) is 0 Å². The van der Waals surface area contributed by atoms with Crippen molar-refractivity contribution >= 4 is 11.8 Å². The van der Waals surface area contributed by atoms with E-state index in [2.05, 4.69) is 15.3 Å². The maximum Gasteiger partial charge on any atom is 0.433 e. The number of halogens is 3. The van der Waals surface area contributed by atoms with E-state index in [0.29, 0.717) is 13.2 Å². The number of anilines is 2. The van der Waals surface area contributed by atoms with E-state index in [1.807, 2.05) is 5.43 Å². The van der Waals surface area contributed by atoms with Crippen molar-refractivity contribution < 1.29 is 17.9 Å². The Balaban J connectivity index is 2.06. The highest BCUT2D eigenvalue weighted by Gasteiger charge is 2.42. The second-order valence-electron chi connectivity index (χ2n) is 5.20. The minimum Gasteiger partial charge on any atom is -0.385 e. The first-order valence-corrected chi connectivity index (χ1v) is 6.54. The quantitative estimate of drug-likeness (QED) is 0.528. The van der Waals surface area contributed by atoms with Crippen LogP contribution in [0.5, 0.6) is 0 Å².